The highest BCUT2D eigenvalue weighted by Crippen LogP contribution is 2.20. The normalized spacial score (nSPS) is 19.4. The van der Waals surface area contributed by atoms with Gasteiger partial charge in [-0.3, -0.25) is 0 Å². The Balaban J connectivity index is 2.27. The van der Waals surface area contributed by atoms with Crippen molar-refractivity contribution in [2.75, 3.05) is 6.61 Å². The first-order valence-corrected chi connectivity index (χ1v) is 9.00. The number of hydrogen-bond acceptors (Lipinski definition) is 3. The van der Waals surface area contributed by atoms with E-state index in [1.807, 2.05) is 12.5 Å². The zero-order valence-corrected chi connectivity index (χ0v) is 11.6. The van der Waals surface area contributed by atoms with Crippen molar-refractivity contribution < 1.29 is 4.74 Å². The molecule has 2 heterocycles. The predicted molar refractivity (Wildman–Crippen MR) is 67.5 cm³/mol. The Bertz CT molecular complexity index is 429. The Morgan fingerprint density at radius 2 is 2.06 bits per heavy atom. The van der Waals surface area contributed by atoms with Crippen LogP contribution in [0, 0.1) is 0 Å². The molecule has 1 aliphatic heterocycles. The van der Waals surface area contributed by atoms with Gasteiger partial charge in [-0.1, -0.05) is 19.6 Å². The van der Waals surface area contributed by atoms with Gasteiger partial charge in [-0.15, -0.1) is 0 Å². The molecule has 0 saturated heterocycles. The molecule has 5 heteroatoms. The molecule has 1 aromatic heterocycles. The number of hydrogen-bond donors (Lipinski definition) is 0. The fourth-order valence-corrected chi connectivity index (χ4v) is 2.43. The smallest absolute Gasteiger partial charge is 0.237 e. The Kier molecular flexibility index (Phi) is 2.45. The third-order valence-corrected chi connectivity index (χ3v) is 4.34. The summed E-state index contributed by atoms with van der Waals surface area (Å²) in [5, 5.41) is 0. The summed E-state index contributed by atoms with van der Waals surface area (Å²) in [4.78, 5) is 8.89. The zero-order chi connectivity index (χ0) is 12.0. The summed E-state index contributed by atoms with van der Waals surface area (Å²) in [6.07, 6.45) is 3.94. The lowest BCUT2D eigenvalue weighted by Gasteiger charge is -2.16. The lowest BCUT2D eigenvalue weighted by Crippen LogP contribution is -2.30. The number of aromatic nitrogens is 2. The second kappa shape index (κ2) is 3.45. The maximum Gasteiger partial charge on any atom is 0.237 e. The number of imidazole rings is 1. The van der Waals surface area contributed by atoms with E-state index in [4.69, 9.17) is 4.74 Å². The van der Waals surface area contributed by atoms with Gasteiger partial charge in [-0.2, -0.15) is 0 Å². The second-order valence-corrected chi connectivity index (χ2v) is 10.7. The van der Waals surface area contributed by atoms with E-state index in [2.05, 4.69) is 47.7 Å². The third-order valence-electron chi connectivity index (χ3n) is 2.54. The van der Waals surface area contributed by atoms with E-state index in [0.29, 0.717) is 12.5 Å². The molecule has 0 unspecified atom stereocenters. The molecule has 0 N–H and O–H groups in total. The highest BCUT2D eigenvalue weighted by Gasteiger charge is 2.28. The Morgan fingerprint density at radius 3 is 2.50 bits per heavy atom. The van der Waals surface area contributed by atoms with Gasteiger partial charge in [0.2, 0.25) is 5.90 Å². The summed E-state index contributed by atoms with van der Waals surface area (Å²) >= 11 is 0. The largest absolute Gasteiger partial charge is 0.474 e. The van der Waals surface area contributed by atoms with Crippen molar-refractivity contribution in [1.82, 2.24) is 9.22 Å². The standard InChI is InChI=1S/C11H19N3OSi/c1-11(2)7-15-10(13-11)9-6-14(8-12-9)16(3,4)5/h6,8H,7H2,1-5H3. The van der Waals surface area contributed by atoms with E-state index < -0.39 is 8.24 Å². The molecule has 2 rings (SSSR count). The van der Waals surface area contributed by atoms with Gasteiger partial charge < -0.3 is 8.97 Å². The number of rotatable bonds is 2. The van der Waals surface area contributed by atoms with E-state index in [1.165, 1.54) is 0 Å². The zero-order valence-electron chi connectivity index (χ0n) is 10.6. The molecule has 1 aliphatic rings. The molecule has 0 bridgehead atoms. The molecule has 4 nitrogen and oxygen atoms in total. The summed E-state index contributed by atoms with van der Waals surface area (Å²) in [6.45, 7) is 11.6. The highest BCUT2D eigenvalue weighted by atomic mass is 28.3. The first kappa shape index (κ1) is 11.4. The van der Waals surface area contributed by atoms with Gasteiger partial charge in [-0.05, 0) is 13.8 Å². The Labute approximate surface area is 97.5 Å². The summed E-state index contributed by atoms with van der Waals surface area (Å²) < 4.78 is 7.78. The van der Waals surface area contributed by atoms with Gasteiger partial charge in [0.15, 0.2) is 8.24 Å². The molecule has 0 radical (unpaired) electrons. The molecule has 0 aliphatic carbocycles. The average molecular weight is 237 g/mol. The van der Waals surface area contributed by atoms with Crippen LogP contribution in [-0.4, -0.2) is 35.5 Å². The first-order chi connectivity index (χ1) is 7.28. The van der Waals surface area contributed by atoms with E-state index in [0.717, 1.165) is 5.69 Å². The van der Waals surface area contributed by atoms with Crippen molar-refractivity contribution in [1.29, 1.82) is 0 Å². The third kappa shape index (κ3) is 2.19. The topological polar surface area (TPSA) is 39.4 Å². The van der Waals surface area contributed by atoms with E-state index in [9.17, 15) is 0 Å². The van der Waals surface area contributed by atoms with E-state index in [1.54, 1.807) is 0 Å². The van der Waals surface area contributed by atoms with Gasteiger partial charge >= 0.3 is 0 Å². The van der Waals surface area contributed by atoms with Gasteiger partial charge in [0.25, 0.3) is 0 Å². The minimum atomic E-state index is -1.36. The fourth-order valence-electron chi connectivity index (χ4n) is 1.52. The maximum atomic E-state index is 5.57. The molecule has 1 aromatic rings. The van der Waals surface area contributed by atoms with Gasteiger partial charge in [-0.25, -0.2) is 9.98 Å². The van der Waals surface area contributed by atoms with Crippen LogP contribution in [0.25, 0.3) is 0 Å². The van der Waals surface area contributed by atoms with Gasteiger partial charge in [0.05, 0.1) is 11.9 Å². The Hall–Kier alpha value is -1.10. The summed E-state index contributed by atoms with van der Waals surface area (Å²) in [5.41, 5.74) is 0.742. The second-order valence-electron chi connectivity index (χ2n) is 5.86. The van der Waals surface area contributed by atoms with Crippen molar-refractivity contribution in [3.63, 3.8) is 0 Å². The predicted octanol–water partition coefficient (Wildman–Crippen LogP) is 2.12. The van der Waals surface area contributed by atoms with E-state index >= 15 is 0 Å². The van der Waals surface area contributed by atoms with Crippen LogP contribution in [0.3, 0.4) is 0 Å². The van der Waals surface area contributed by atoms with Crippen LogP contribution in [0.4, 0.5) is 0 Å². The maximum absolute atomic E-state index is 5.57. The average Bonchev–Trinajstić information content (AvgIpc) is 2.68. The molecule has 16 heavy (non-hydrogen) atoms. The number of nitrogens with zero attached hydrogens (tertiary/aromatic N) is 3. The van der Waals surface area contributed by atoms with Crippen molar-refractivity contribution in [2.24, 2.45) is 4.99 Å². The monoisotopic (exact) mass is 237 g/mol. The molecule has 88 valence electrons. The minimum Gasteiger partial charge on any atom is -0.474 e. The molecular formula is C11H19N3OSi. The van der Waals surface area contributed by atoms with Crippen LogP contribution >= 0.6 is 0 Å². The van der Waals surface area contributed by atoms with E-state index in [-0.39, 0.29) is 5.54 Å². The number of aliphatic imine (C=N–C) groups is 1. The summed E-state index contributed by atoms with van der Waals surface area (Å²) in [7, 11) is -1.36. The lowest BCUT2D eigenvalue weighted by atomic mass is 10.1. The Morgan fingerprint density at radius 1 is 1.38 bits per heavy atom. The summed E-state index contributed by atoms with van der Waals surface area (Å²) in [6, 6.07) is 0. The van der Waals surface area contributed by atoms with Crippen molar-refractivity contribution in [3.8, 4) is 0 Å². The minimum absolute atomic E-state index is 0.113. The number of ether oxygens (including phenoxy) is 1. The van der Waals surface area contributed by atoms with Crippen LogP contribution in [0.2, 0.25) is 19.6 Å². The fraction of sp³-hybridized carbons (Fsp3) is 0.636. The first-order valence-electron chi connectivity index (χ1n) is 5.55. The molecular weight excluding hydrogens is 218 g/mol. The van der Waals surface area contributed by atoms with Crippen molar-refractivity contribution in [3.05, 3.63) is 18.2 Å². The van der Waals surface area contributed by atoms with Gasteiger partial charge in [0, 0.05) is 6.20 Å². The molecule has 0 aromatic carbocycles. The van der Waals surface area contributed by atoms with Crippen LogP contribution in [0.15, 0.2) is 17.5 Å². The molecule has 0 atom stereocenters. The quantitative estimate of drug-likeness (QED) is 0.739. The lowest BCUT2D eigenvalue weighted by molar-refractivity contribution is 0.279. The highest BCUT2D eigenvalue weighted by molar-refractivity contribution is 6.74. The van der Waals surface area contributed by atoms with Crippen LogP contribution in [0.1, 0.15) is 19.5 Å². The van der Waals surface area contributed by atoms with Crippen LogP contribution < -0.4 is 0 Å². The summed E-state index contributed by atoms with van der Waals surface area (Å²) in [5.74, 6) is 0.682. The van der Waals surface area contributed by atoms with Crippen molar-refractivity contribution in [2.45, 2.75) is 39.0 Å². The van der Waals surface area contributed by atoms with Crippen LogP contribution in [0.5, 0.6) is 0 Å². The molecule has 0 spiro atoms. The molecule has 0 fully saturated rings. The van der Waals surface area contributed by atoms with Crippen molar-refractivity contribution >= 4 is 14.1 Å². The SMILES string of the molecule is CC1(C)COC(c2cn([Si](C)(C)C)cn2)=N1. The van der Waals surface area contributed by atoms with Crippen LogP contribution in [-0.2, 0) is 4.74 Å². The molecule has 0 amide bonds. The molecule has 0 saturated carbocycles. The van der Waals surface area contributed by atoms with Gasteiger partial charge in [0.1, 0.15) is 12.3 Å².